The van der Waals surface area contributed by atoms with Gasteiger partial charge in [-0.15, -0.1) is 0 Å². The predicted octanol–water partition coefficient (Wildman–Crippen LogP) is 0.533. The van der Waals surface area contributed by atoms with Gasteiger partial charge in [-0.3, -0.25) is 4.79 Å². The molecule has 4 nitrogen and oxygen atoms in total. The van der Waals surface area contributed by atoms with Gasteiger partial charge < -0.3 is 16.2 Å². The van der Waals surface area contributed by atoms with E-state index in [1.165, 1.54) is 0 Å². The number of hydrogen-bond acceptors (Lipinski definition) is 3. The van der Waals surface area contributed by atoms with Crippen LogP contribution in [-0.4, -0.2) is 28.7 Å². The molecule has 1 saturated carbocycles. The van der Waals surface area contributed by atoms with Crippen LogP contribution in [0.1, 0.15) is 46.0 Å². The predicted molar refractivity (Wildman–Crippen MR) is 59.3 cm³/mol. The van der Waals surface area contributed by atoms with Crippen molar-refractivity contribution in [3.8, 4) is 0 Å². The van der Waals surface area contributed by atoms with Gasteiger partial charge in [-0.05, 0) is 26.2 Å². The fourth-order valence-electron chi connectivity index (χ4n) is 1.77. The van der Waals surface area contributed by atoms with Crippen LogP contribution in [0.5, 0.6) is 0 Å². The number of amides is 1. The van der Waals surface area contributed by atoms with Crippen molar-refractivity contribution in [3.05, 3.63) is 0 Å². The van der Waals surface area contributed by atoms with E-state index in [4.69, 9.17) is 5.73 Å². The van der Waals surface area contributed by atoms with Crippen molar-refractivity contribution in [1.82, 2.24) is 5.32 Å². The summed E-state index contributed by atoms with van der Waals surface area (Å²) in [5.74, 6) is -0.157. The van der Waals surface area contributed by atoms with Gasteiger partial charge in [-0.2, -0.15) is 0 Å². The maximum Gasteiger partial charge on any atom is 0.240 e. The van der Waals surface area contributed by atoms with E-state index in [0.717, 1.165) is 25.7 Å². The van der Waals surface area contributed by atoms with Crippen molar-refractivity contribution in [2.24, 2.45) is 5.73 Å². The Morgan fingerprint density at radius 3 is 2.67 bits per heavy atom. The SMILES string of the molecule is CCC(C)(N)C(=O)N[C@@H]1CCCC[C@H]1O. The number of aliphatic hydroxyl groups excluding tert-OH is 1. The zero-order chi connectivity index (χ0) is 11.5. The molecule has 0 saturated heterocycles. The van der Waals surface area contributed by atoms with Crippen LogP contribution in [0.3, 0.4) is 0 Å². The summed E-state index contributed by atoms with van der Waals surface area (Å²) in [4.78, 5) is 11.8. The monoisotopic (exact) mass is 214 g/mol. The average molecular weight is 214 g/mol. The Kier molecular flexibility index (Phi) is 4.11. The van der Waals surface area contributed by atoms with Gasteiger partial charge in [0.1, 0.15) is 0 Å². The molecule has 0 aromatic rings. The number of nitrogens with one attached hydrogen (secondary N) is 1. The Bertz CT molecular complexity index is 229. The fourth-order valence-corrected chi connectivity index (χ4v) is 1.77. The molecular weight excluding hydrogens is 192 g/mol. The lowest BCUT2D eigenvalue weighted by Gasteiger charge is -2.31. The smallest absolute Gasteiger partial charge is 0.240 e. The van der Waals surface area contributed by atoms with Gasteiger partial charge >= 0.3 is 0 Å². The normalized spacial score (nSPS) is 30.7. The molecule has 1 unspecified atom stereocenters. The van der Waals surface area contributed by atoms with Crippen molar-refractivity contribution in [3.63, 3.8) is 0 Å². The lowest BCUT2D eigenvalue weighted by Crippen LogP contribution is -2.56. The molecule has 0 aromatic heterocycles. The van der Waals surface area contributed by atoms with Crippen molar-refractivity contribution in [1.29, 1.82) is 0 Å². The third-order valence-corrected chi connectivity index (χ3v) is 3.30. The van der Waals surface area contributed by atoms with Gasteiger partial charge in [0.25, 0.3) is 0 Å². The van der Waals surface area contributed by atoms with Crippen LogP contribution < -0.4 is 11.1 Å². The minimum Gasteiger partial charge on any atom is -0.391 e. The molecule has 1 aliphatic rings. The van der Waals surface area contributed by atoms with E-state index < -0.39 is 11.6 Å². The van der Waals surface area contributed by atoms with Crippen LogP contribution in [0.25, 0.3) is 0 Å². The molecule has 1 fully saturated rings. The van der Waals surface area contributed by atoms with Crippen molar-refractivity contribution < 1.29 is 9.90 Å². The van der Waals surface area contributed by atoms with E-state index >= 15 is 0 Å². The molecular formula is C11H22N2O2. The van der Waals surface area contributed by atoms with Gasteiger partial charge in [0.2, 0.25) is 5.91 Å². The highest BCUT2D eigenvalue weighted by Crippen LogP contribution is 2.19. The lowest BCUT2D eigenvalue weighted by atomic mass is 9.91. The molecule has 4 heteroatoms. The molecule has 0 aliphatic heterocycles. The number of hydrogen-bond donors (Lipinski definition) is 3. The van der Waals surface area contributed by atoms with Gasteiger partial charge in [-0.1, -0.05) is 19.8 Å². The van der Waals surface area contributed by atoms with Gasteiger partial charge in [-0.25, -0.2) is 0 Å². The van der Waals surface area contributed by atoms with Crippen LogP contribution in [0.4, 0.5) is 0 Å². The Balaban J connectivity index is 2.50. The maximum absolute atomic E-state index is 11.8. The van der Waals surface area contributed by atoms with Crippen LogP contribution in [0, 0.1) is 0 Å². The molecule has 88 valence electrons. The minimum atomic E-state index is -0.822. The summed E-state index contributed by atoms with van der Waals surface area (Å²) in [6.07, 6.45) is 3.93. The summed E-state index contributed by atoms with van der Waals surface area (Å²) in [7, 11) is 0. The summed E-state index contributed by atoms with van der Waals surface area (Å²) < 4.78 is 0. The Morgan fingerprint density at radius 2 is 2.13 bits per heavy atom. The first-order valence-electron chi connectivity index (χ1n) is 5.75. The van der Waals surface area contributed by atoms with Gasteiger partial charge in [0.05, 0.1) is 17.7 Å². The van der Waals surface area contributed by atoms with Crippen LogP contribution in [0.15, 0.2) is 0 Å². The molecule has 1 aliphatic carbocycles. The zero-order valence-corrected chi connectivity index (χ0v) is 9.62. The van der Waals surface area contributed by atoms with E-state index in [1.54, 1.807) is 6.92 Å². The second kappa shape index (κ2) is 4.94. The summed E-state index contributed by atoms with van der Waals surface area (Å²) in [6, 6.07) is -0.110. The first-order chi connectivity index (χ1) is 6.97. The quantitative estimate of drug-likeness (QED) is 0.641. The first-order valence-corrected chi connectivity index (χ1v) is 5.75. The fraction of sp³-hybridized carbons (Fsp3) is 0.909. The van der Waals surface area contributed by atoms with Crippen LogP contribution in [0.2, 0.25) is 0 Å². The largest absolute Gasteiger partial charge is 0.391 e. The van der Waals surface area contributed by atoms with Crippen molar-refractivity contribution >= 4 is 5.91 Å². The van der Waals surface area contributed by atoms with Crippen LogP contribution >= 0.6 is 0 Å². The first kappa shape index (κ1) is 12.5. The molecule has 3 atom stereocenters. The Labute approximate surface area is 91.2 Å². The van der Waals surface area contributed by atoms with Crippen molar-refractivity contribution in [2.75, 3.05) is 0 Å². The minimum absolute atomic E-state index is 0.110. The second-order valence-corrected chi connectivity index (χ2v) is 4.70. The highest BCUT2D eigenvalue weighted by atomic mass is 16.3. The summed E-state index contributed by atoms with van der Waals surface area (Å²) in [5, 5.41) is 12.5. The molecule has 0 radical (unpaired) electrons. The number of aliphatic hydroxyl groups is 1. The van der Waals surface area contributed by atoms with E-state index in [-0.39, 0.29) is 11.9 Å². The Hall–Kier alpha value is -0.610. The summed E-state index contributed by atoms with van der Waals surface area (Å²) in [5.41, 5.74) is 5.01. The number of rotatable bonds is 3. The third-order valence-electron chi connectivity index (χ3n) is 3.30. The third kappa shape index (κ3) is 3.18. The van der Waals surface area contributed by atoms with E-state index in [1.807, 2.05) is 6.92 Å². The van der Waals surface area contributed by atoms with Crippen LogP contribution in [-0.2, 0) is 4.79 Å². The maximum atomic E-state index is 11.8. The van der Waals surface area contributed by atoms with Crippen molar-refractivity contribution in [2.45, 2.75) is 63.6 Å². The van der Waals surface area contributed by atoms with E-state index in [2.05, 4.69) is 5.32 Å². The molecule has 1 rings (SSSR count). The number of carbonyl (C=O) groups is 1. The Morgan fingerprint density at radius 1 is 1.53 bits per heavy atom. The molecule has 0 bridgehead atoms. The molecule has 0 spiro atoms. The second-order valence-electron chi connectivity index (χ2n) is 4.70. The molecule has 0 aromatic carbocycles. The summed E-state index contributed by atoms with van der Waals surface area (Å²) >= 11 is 0. The standard InChI is InChI=1S/C11H22N2O2/c1-3-11(2,12)10(15)13-8-6-4-5-7-9(8)14/h8-9,14H,3-7,12H2,1-2H3,(H,13,15)/t8-,9-,11?/m1/s1. The highest BCUT2D eigenvalue weighted by molar-refractivity contribution is 5.85. The van der Waals surface area contributed by atoms with E-state index in [0.29, 0.717) is 6.42 Å². The molecule has 4 N–H and O–H groups in total. The topological polar surface area (TPSA) is 75.4 Å². The molecule has 15 heavy (non-hydrogen) atoms. The highest BCUT2D eigenvalue weighted by Gasteiger charge is 2.31. The van der Waals surface area contributed by atoms with Gasteiger partial charge in [0.15, 0.2) is 0 Å². The number of carbonyl (C=O) groups excluding carboxylic acids is 1. The summed E-state index contributed by atoms with van der Waals surface area (Å²) in [6.45, 7) is 3.61. The lowest BCUT2D eigenvalue weighted by molar-refractivity contribution is -0.127. The molecule has 0 heterocycles. The molecule has 1 amide bonds. The average Bonchev–Trinajstić information content (AvgIpc) is 2.21. The zero-order valence-electron chi connectivity index (χ0n) is 9.62. The van der Waals surface area contributed by atoms with E-state index in [9.17, 15) is 9.90 Å². The van der Waals surface area contributed by atoms with Gasteiger partial charge in [0, 0.05) is 0 Å². The number of nitrogens with two attached hydrogens (primary N) is 1.